The van der Waals surface area contributed by atoms with Gasteiger partial charge < -0.3 is 0 Å². The second-order valence-electron chi connectivity index (χ2n) is 5.42. The predicted octanol–water partition coefficient (Wildman–Crippen LogP) is 2.39. The van der Waals surface area contributed by atoms with Crippen LogP contribution < -0.4 is 0 Å². The van der Waals surface area contributed by atoms with Crippen LogP contribution in [0.5, 0.6) is 0 Å². The lowest BCUT2D eigenvalue weighted by atomic mass is 9.83. The molecule has 1 aliphatic rings. The molecule has 0 amide bonds. The molecule has 0 N–H and O–H groups in total. The number of rotatable bonds is 3. The first-order valence-electron chi connectivity index (χ1n) is 5.98. The van der Waals surface area contributed by atoms with E-state index in [4.69, 9.17) is 5.26 Å². The molecule has 3 nitrogen and oxygen atoms in total. The summed E-state index contributed by atoms with van der Waals surface area (Å²) in [6.07, 6.45) is 2.37. The predicted molar refractivity (Wildman–Crippen MR) is 64.5 cm³/mol. The Bertz CT molecular complexity index is 367. The lowest BCUT2D eigenvalue weighted by molar-refractivity contribution is 0.334. The Balaban J connectivity index is 2.86. The maximum Gasteiger partial charge on any atom is 0.154 e. The van der Waals surface area contributed by atoms with Crippen LogP contribution in [0.15, 0.2) is 0 Å². The Kier molecular flexibility index (Phi) is 4.37. The Morgan fingerprint density at radius 1 is 1.38 bits per heavy atom. The van der Waals surface area contributed by atoms with Crippen molar-refractivity contribution in [3.05, 3.63) is 0 Å². The highest BCUT2D eigenvalue weighted by molar-refractivity contribution is 7.92. The van der Waals surface area contributed by atoms with E-state index in [0.717, 1.165) is 12.8 Å². The van der Waals surface area contributed by atoms with E-state index in [1.165, 1.54) is 0 Å². The third kappa shape index (κ3) is 3.21. The van der Waals surface area contributed by atoms with Gasteiger partial charge in [-0.05, 0) is 31.1 Å². The summed E-state index contributed by atoms with van der Waals surface area (Å²) < 4.78 is 24.3. The van der Waals surface area contributed by atoms with Crippen molar-refractivity contribution in [2.75, 3.05) is 5.75 Å². The molecule has 0 heterocycles. The zero-order valence-corrected chi connectivity index (χ0v) is 11.1. The van der Waals surface area contributed by atoms with Gasteiger partial charge in [-0.25, -0.2) is 8.42 Å². The summed E-state index contributed by atoms with van der Waals surface area (Å²) in [5.41, 5.74) is 0. The quantitative estimate of drug-likeness (QED) is 0.764. The summed E-state index contributed by atoms with van der Waals surface area (Å²) in [6, 6.07) is 2.17. The molecule has 0 saturated heterocycles. The monoisotopic (exact) mass is 243 g/mol. The van der Waals surface area contributed by atoms with Crippen LogP contribution in [0, 0.1) is 29.1 Å². The van der Waals surface area contributed by atoms with Gasteiger partial charge in [-0.3, -0.25) is 0 Å². The van der Waals surface area contributed by atoms with E-state index >= 15 is 0 Å². The summed E-state index contributed by atoms with van der Waals surface area (Å²) in [6.45, 7) is 5.89. The van der Waals surface area contributed by atoms with Crippen molar-refractivity contribution in [1.29, 1.82) is 5.26 Å². The van der Waals surface area contributed by atoms with Gasteiger partial charge in [0.25, 0.3) is 0 Å². The zero-order valence-electron chi connectivity index (χ0n) is 10.3. The smallest absolute Gasteiger partial charge is 0.154 e. The number of hydrogen-bond donors (Lipinski definition) is 0. The molecule has 1 rings (SSSR count). The number of nitrogens with zero attached hydrogens (tertiary/aromatic N) is 1. The molecular weight excluding hydrogens is 222 g/mol. The van der Waals surface area contributed by atoms with Crippen LogP contribution in [0.25, 0.3) is 0 Å². The van der Waals surface area contributed by atoms with Crippen molar-refractivity contribution in [1.82, 2.24) is 0 Å². The second kappa shape index (κ2) is 5.18. The highest BCUT2D eigenvalue weighted by Gasteiger charge is 2.37. The SMILES string of the molecule is CC(C)CS(=O)(=O)C1CC(C)CCC1C#N. The van der Waals surface area contributed by atoms with Gasteiger partial charge in [0.15, 0.2) is 9.84 Å². The van der Waals surface area contributed by atoms with Crippen LogP contribution in [-0.4, -0.2) is 19.4 Å². The second-order valence-corrected chi connectivity index (χ2v) is 7.68. The highest BCUT2D eigenvalue weighted by atomic mass is 32.2. The van der Waals surface area contributed by atoms with Crippen LogP contribution >= 0.6 is 0 Å². The summed E-state index contributed by atoms with van der Waals surface area (Å²) >= 11 is 0. The maximum atomic E-state index is 12.2. The van der Waals surface area contributed by atoms with Crippen molar-refractivity contribution in [3.63, 3.8) is 0 Å². The highest BCUT2D eigenvalue weighted by Crippen LogP contribution is 2.33. The first-order chi connectivity index (χ1) is 7.36. The average Bonchev–Trinajstić information content (AvgIpc) is 2.15. The molecule has 0 aromatic heterocycles. The molecule has 4 heteroatoms. The largest absolute Gasteiger partial charge is 0.228 e. The molecule has 92 valence electrons. The maximum absolute atomic E-state index is 12.2. The van der Waals surface area contributed by atoms with Crippen LogP contribution in [-0.2, 0) is 9.84 Å². The molecule has 1 fully saturated rings. The van der Waals surface area contributed by atoms with Gasteiger partial charge in [-0.15, -0.1) is 0 Å². The molecule has 3 atom stereocenters. The van der Waals surface area contributed by atoms with Gasteiger partial charge in [-0.2, -0.15) is 5.26 Å². The molecular formula is C12H21NO2S. The van der Waals surface area contributed by atoms with Crippen LogP contribution in [0.4, 0.5) is 0 Å². The van der Waals surface area contributed by atoms with Gasteiger partial charge in [0.05, 0.1) is 23.0 Å². The standard InChI is InChI=1S/C12H21NO2S/c1-9(2)8-16(14,15)12-6-10(3)4-5-11(12)7-13/h9-12H,4-6,8H2,1-3H3. The lowest BCUT2D eigenvalue weighted by Gasteiger charge is -2.31. The number of hydrogen-bond acceptors (Lipinski definition) is 3. The van der Waals surface area contributed by atoms with E-state index in [0.29, 0.717) is 12.3 Å². The minimum Gasteiger partial charge on any atom is -0.228 e. The van der Waals surface area contributed by atoms with Crippen LogP contribution in [0.3, 0.4) is 0 Å². The molecule has 3 unspecified atom stereocenters. The summed E-state index contributed by atoms with van der Waals surface area (Å²) in [7, 11) is -3.10. The summed E-state index contributed by atoms with van der Waals surface area (Å²) in [4.78, 5) is 0. The van der Waals surface area contributed by atoms with Gasteiger partial charge in [0.1, 0.15) is 0 Å². The van der Waals surface area contributed by atoms with E-state index in [1.807, 2.05) is 13.8 Å². The van der Waals surface area contributed by atoms with E-state index < -0.39 is 15.1 Å². The zero-order chi connectivity index (χ0) is 12.3. The fourth-order valence-electron chi connectivity index (χ4n) is 2.46. The van der Waals surface area contributed by atoms with Crippen molar-refractivity contribution >= 4 is 9.84 Å². The molecule has 0 aromatic rings. The van der Waals surface area contributed by atoms with Gasteiger partial charge in [0, 0.05) is 0 Å². The lowest BCUT2D eigenvalue weighted by Crippen LogP contribution is -2.37. The van der Waals surface area contributed by atoms with E-state index in [1.54, 1.807) is 0 Å². The Hall–Kier alpha value is -0.560. The third-order valence-electron chi connectivity index (χ3n) is 3.25. The van der Waals surface area contributed by atoms with Crippen LogP contribution in [0.1, 0.15) is 40.0 Å². The Labute approximate surface area is 98.8 Å². The first-order valence-corrected chi connectivity index (χ1v) is 7.69. The van der Waals surface area contributed by atoms with Crippen LogP contribution in [0.2, 0.25) is 0 Å². The molecule has 0 aromatic carbocycles. The molecule has 16 heavy (non-hydrogen) atoms. The van der Waals surface area contributed by atoms with Crippen molar-refractivity contribution in [3.8, 4) is 6.07 Å². The first kappa shape index (κ1) is 13.5. The molecule has 1 saturated carbocycles. The molecule has 0 spiro atoms. The average molecular weight is 243 g/mol. The Morgan fingerprint density at radius 2 is 2.00 bits per heavy atom. The summed E-state index contributed by atoms with van der Waals surface area (Å²) in [5.74, 6) is 0.487. The van der Waals surface area contributed by atoms with E-state index in [-0.39, 0.29) is 17.6 Å². The van der Waals surface area contributed by atoms with Crippen molar-refractivity contribution in [2.45, 2.75) is 45.3 Å². The fraction of sp³-hybridized carbons (Fsp3) is 0.917. The summed E-state index contributed by atoms with van der Waals surface area (Å²) in [5, 5.41) is 8.60. The van der Waals surface area contributed by atoms with Crippen molar-refractivity contribution < 1.29 is 8.42 Å². The van der Waals surface area contributed by atoms with Gasteiger partial charge in [0.2, 0.25) is 0 Å². The normalized spacial score (nSPS) is 31.3. The minimum absolute atomic E-state index is 0.140. The van der Waals surface area contributed by atoms with E-state index in [2.05, 4.69) is 13.0 Å². The molecule has 0 bridgehead atoms. The van der Waals surface area contributed by atoms with E-state index in [9.17, 15) is 8.42 Å². The fourth-order valence-corrected chi connectivity index (χ4v) is 4.96. The van der Waals surface area contributed by atoms with Crippen molar-refractivity contribution in [2.24, 2.45) is 17.8 Å². The third-order valence-corrected chi connectivity index (χ3v) is 5.82. The number of nitriles is 1. The molecule has 1 aliphatic carbocycles. The Morgan fingerprint density at radius 3 is 2.50 bits per heavy atom. The molecule has 0 aliphatic heterocycles. The number of sulfone groups is 1. The minimum atomic E-state index is -3.10. The topological polar surface area (TPSA) is 57.9 Å². The molecule has 0 radical (unpaired) electrons. The van der Waals surface area contributed by atoms with Gasteiger partial charge in [-0.1, -0.05) is 20.8 Å². The van der Waals surface area contributed by atoms with Gasteiger partial charge >= 0.3 is 0 Å².